The molecule has 0 spiro atoms. The first-order valence-corrected chi connectivity index (χ1v) is 23.4. The summed E-state index contributed by atoms with van der Waals surface area (Å²) in [5.41, 5.74) is 0. The lowest BCUT2D eigenvalue weighted by Gasteiger charge is -2.24. The summed E-state index contributed by atoms with van der Waals surface area (Å²) in [6.45, 7) is 3.77. The topological polar surface area (TPSA) is 169 Å². The molecule has 0 aliphatic heterocycles. The Morgan fingerprint density at radius 1 is 0.780 bits per heavy atom. The van der Waals surface area contributed by atoms with Crippen LogP contribution in [-0.2, 0) is 32.7 Å². The molecule has 59 heavy (non-hydrogen) atoms. The molecule has 1 aliphatic rings. The van der Waals surface area contributed by atoms with E-state index in [-0.39, 0.29) is 44.3 Å². The van der Waals surface area contributed by atoms with Gasteiger partial charge in [0.2, 0.25) is 0 Å². The van der Waals surface area contributed by atoms with E-state index in [9.17, 15) is 34.4 Å². The molecule has 338 valence electrons. The Morgan fingerprint density at radius 3 is 2.10 bits per heavy atom. The quantitative estimate of drug-likeness (QED) is 0.0161. The van der Waals surface area contributed by atoms with Gasteiger partial charge in [-0.05, 0) is 63.7 Å². The van der Waals surface area contributed by atoms with Crippen LogP contribution in [0.25, 0.3) is 0 Å². The average Bonchev–Trinajstić information content (AvgIpc) is 3.44. The van der Waals surface area contributed by atoms with E-state index in [4.69, 9.17) is 18.5 Å². The average molecular weight is 853 g/mol. The SMILES string of the molecule is CC/C=C\C/C=C\C/C=C\C/C=C\CCCCCCC(=O)OC[C@H](COP(=O)(O)OCC[N+](C)(C)C)OC(=O)C/C=C\C[C@H]1[C@@H](/C=C/[C@H](O)CCCCC)[C@H](O)C[C@@H]1O. The first kappa shape index (κ1) is 54.3. The van der Waals surface area contributed by atoms with Gasteiger partial charge in [-0.15, -0.1) is 0 Å². The number of unbranched alkanes of at least 4 members (excludes halogenated alkanes) is 6. The van der Waals surface area contributed by atoms with Gasteiger partial charge in [-0.1, -0.05) is 119 Å². The summed E-state index contributed by atoms with van der Waals surface area (Å²) in [7, 11) is 1.25. The Hall–Kier alpha value is -2.67. The Balaban J connectivity index is 2.58. The second kappa shape index (κ2) is 33.0. The van der Waals surface area contributed by atoms with Crippen molar-refractivity contribution in [2.75, 3.05) is 47.5 Å². The predicted molar refractivity (Wildman–Crippen MR) is 235 cm³/mol. The van der Waals surface area contributed by atoms with Crippen LogP contribution in [0.5, 0.6) is 0 Å². The van der Waals surface area contributed by atoms with Gasteiger partial charge < -0.3 is 34.2 Å². The van der Waals surface area contributed by atoms with Crippen LogP contribution in [0.3, 0.4) is 0 Å². The summed E-state index contributed by atoms with van der Waals surface area (Å²) in [4.78, 5) is 35.6. The van der Waals surface area contributed by atoms with Crippen LogP contribution in [0.2, 0.25) is 0 Å². The van der Waals surface area contributed by atoms with Crippen molar-refractivity contribution in [1.29, 1.82) is 0 Å². The molecule has 1 aliphatic carbocycles. The fraction of sp³-hybridized carbons (Fsp3) is 0.696. The van der Waals surface area contributed by atoms with Gasteiger partial charge in [-0.2, -0.15) is 0 Å². The second-order valence-corrected chi connectivity index (χ2v) is 17.8. The Morgan fingerprint density at radius 2 is 1.44 bits per heavy atom. The van der Waals surface area contributed by atoms with Crippen LogP contribution in [0, 0.1) is 11.8 Å². The molecule has 1 saturated carbocycles. The molecule has 0 amide bonds. The summed E-state index contributed by atoms with van der Waals surface area (Å²) in [5, 5.41) is 31.4. The molecule has 4 N–H and O–H groups in total. The summed E-state index contributed by atoms with van der Waals surface area (Å²) in [6, 6.07) is 0. The monoisotopic (exact) mass is 853 g/mol. The minimum absolute atomic E-state index is 0.0339. The molecule has 1 fully saturated rings. The van der Waals surface area contributed by atoms with E-state index in [1.807, 2.05) is 21.1 Å². The Kier molecular flexibility index (Phi) is 30.4. The Bertz CT molecular complexity index is 1350. The Labute approximate surface area is 355 Å². The van der Waals surface area contributed by atoms with Gasteiger partial charge >= 0.3 is 19.8 Å². The molecule has 13 heteroatoms. The summed E-state index contributed by atoms with van der Waals surface area (Å²) < 4.78 is 34.2. The van der Waals surface area contributed by atoms with E-state index >= 15 is 0 Å². The number of hydrogen-bond donors (Lipinski definition) is 4. The molecule has 0 heterocycles. The van der Waals surface area contributed by atoms with Gasteiger partial charge in [0, 0.05) is 18.8 Å². The molecule has 1 rings (SSSR count). The third-order valence-corrected chi connectivity index (χ3v) is 10.8. The molecule has 1 unspecified atom stereocenters. The summed E-state index contributed by atoms with van der Waals surface area (Å²) in [5.74, 6) is -1.77. The van der Waals surface area contributed by atoms with Gasteiger partial charge in [0.25, 0.3) is 0 Å². The van der Waals surface area contributed by atoms with Crippen molar-refractivity contribution in [3.63, 3.8) is 0 Å². The zero-order valence-electron chi connectivity index (χ0n) is 36.8. The highest BCUT2D eigenvalue weighted by atomic mass is 31.2. The molecule has 0 aromatic rings. The number of likely N-dealkylation sites (N-methyl/N-ethyl adjacent to an activating group) is 1. The largest absolute Gasteiger partial charge is 0.472 e. The maximum Gasteiger partial charge on any atom is 0.472 e. The van der Waals surface area contributed by atoms with Crippen LogP contribution < -0.4 is 0 Å². The van der Waals surface area contributed by atoms with E-state index in [1.54, 1.807) is 24.3 Å². The van der Waals surface area contributed by atoms with E-state index in [2.05, 4.69) is 62.5 Å². The molecular formula is C46H79NO11P+. The fourth-order valence-electron chi connectivity index (χ4n) is 6.33. The summed E-state index contributed by atoms with van der Waals surface area (Å²) >= 11 is 0. The minimum Gasteiger partial charge on any atom is -0.462 e. The smallest absolute Gasteiger partial charge is 0.462 e. The predicted octanol–water partition coefficient (Wildman–Crippen LogP) is 8.62. The van der Waals surface area contributed by atoms with Gasteiger partial charge in [0.1, 0.15) is 19.8 Å². The number of phosphoric ester groups is 1. The van der Waals surface area contributed by atoms with E-state index in [1.165, 1.54) is 0 Å². The number of phosphoric acid groups is 1. The van der Waals surface area contributed by atoms with E-state index in [0.29, 0.717) is 30.3 Å². The van der Waals surface area contributed by atoms with Gasteiger partial charge in [-0.3, -0.25) is 18.6 Å². The number of nitrogens with zero attached hydrogens (tertiary/aromatic N) is 1. The highest BCUT2D eigenvalue weighted by Crippen LogP contribution is 2.43. The van der Waals surface area contributed by atoms with Gasteiger partial charge in [0.15, 0.2) is 6.10 Å². The van der Waals surface area contributed by atoms with Crippen molar-refractivity contribution in [2.24, 2.45) is 11.8 Å². The van der Waals surface area contributed by atoms with Crippen molar-refractivity contribution in [3.05, 3.63) is 72.9 Å². The van der Waals surface area contributed by atoms with Crippen molar-refractivity contribution in [1.82, 2.24) is 0 Å². The number of quaternary nitrogens is 1. The highest BCUT2D eigenvalue weighted by Gasteiger charge is 2.39. The molecular weight excluding hydrogens is 773 g/mol. The molecule has 0 saturated heterocycles. The van der Waals surface area contributed by atoms with Crippen molar-refractivity contribution >= 4 is 19.8 Å². The molecule has 7 atom stereocenters. The van der Waals surface area contributed by atoms with Crippen molar-refractivity contribution < 1.29 is 57.4 Å². The fourth-order valence-corrected chi connectivity index (χ4v) is 7.07. The lowest BCUT2D eigenvalue weighted by atomic mass is 9.89. The standard InChI is InChI=1S/C46H78NO11P/c1-6-8-10-11-12-13-14-15-16-17-18-19-20-21-22-23-25-30-45(51)55-37-40(38-57-59(53,54)56-35-34-47(3,4)5)58-46(52)31-27-26-29-41-42(44(50)36-43(41)49)33-32-39(48)28-24-9-7-2/h8,10,12-13,15-16,18-19,26-27,32-33,39-44,48-50H,6-7,9,11,14,17,20-25,28-31,34-38H2,1-5H3/p+1/b10-8-,13-12-,16-15-,19-18-,27-26-,33-32+/t39-,40-,41+,42-,43+,44-/m1/s1. The molecule has 0 radical (unpaired) electrons. The molecule has 0 bridgehead atoms. The van der Waals surface area contributed by atoms with E-state index < -0.39 is 50.8 Å². The maximum absolute atomic E-state index is 12.8. The number of allylic oxidation sites excluding steroid dienone is 9. The number of ether oxygens (including phenoxy) is 2. The van der Waals surface area contributed by atoms with E-state index in [0.717, 1.165) is 70.6 Å². The lowest BCUT2D eigenvalue weighted by Crippen LogP contribution is -2.37. The van der Waals surface area contributed by atoms with Gasteiger partial charge in [-0.25, -0.2) is 4.57 Å². The first-order valence-electron chi connectivity index (χ1n) is 21.9. The minimum atomic E-state index is -4.48. The van der Waals surface area contributed by atoms with Crippen LogP contribution in [0.15, 0.2) is 72.9 Å². The van der Waals surface area contributed by atoms with Crippen LogP contribution in [0.4, 0.5) is 0 Å². The molecule has 0 aromatic heterocycles. The third-order valence-electron chi connectivity index (χ3n) is 9.82. The van der Waals surface area contributed by atoms with Crippen molar-refractivity contribution in [3.8, 4) is 0 Å². The number of carbonyl (C=O) groups is 2. The third kappa shape index (κ3) is 30.1. The highest BCUT2D eigenvalue weighted by molar-refractivity contribution is 7.47. The number of esters is 2. The number of aliphatic hydroxyl groups is 3. The molecule has 12 nitrogen and oxygen atoms in total. The van der Waals surface area contributed by atoms with Crippen LogP contribution in [-0.4, -0.2) is 109 Å². The normalized spacial score (nSPS) is 21.2. The zero-order valence-corrected chi connectivity index (χ0v) is 37.7. The number of rotatable bonds is 34. The number of aliphatic hydroxyl groups excluding tert-OH is 3. The van der Waals surface area contributed by atoms with Gasteiger partial charge in [0.05, 0.1) is 52.5 Å². The van der Waals surface area contributed by atoms with Crippen LogP contribution >= 0.6 is 7.82 Å². The van der Waals surface area contributed by atoms with Crippen LogP contribution in [0.1, 0.15) is 123 Å². The first-order chi connectivity index (χ1) is 28.2. The summed E-state index contributed by atoms with van der Waals surface area (Å²) in [6.07, 6.45) is 33.7. The second-order valence-electron chi connectivity index (χ2n) is 16.3. The lowest BCUT2D eigenvalue weighted by molar-refractivity contribution is -0.870. The van der Waals surface area contributed by atoms with Crippen molar-refractivity contribution in [2.45, 2.75) is 147 Å². The number of carbonyl (C=O) groups excluding carboxylic acids is 2. The number of hydrogen-bond acceptors (Lipinski definition) is 10. The zero-order chi connectivity index (χ0) is 43.8. The maximum atomic E-state index is 12.8. The molecule has 0 aromatic carbocycles.